The highest BCUT2D eigenvalue weighted by atomic mass is 16.4. The summed E-state index contributed by atoms with van der Waals surface area (Å²) in [4.78, 5) is 196. The molecule has 0 fully saturated rings. The van der Waals surface area contributed by atoms with E-state index < -0.39 is 207 Å². The molecule has 37 heteroatoms. The minimum absolute atomic E-state index is 0.0759. The van der Waals surface area contributed by atoms with Crippen molar-refractivity contribution < 1.29 is 92.3 Å². The summed E-state index contributed by atoms with van der Waals surface area (Å²) in [7, 11) is 0. The first-order chi connectivity index (χ1) is 38.3. The number of nitrogens with zero attached hydrogens (tertiary/aromatic N) is 1. The first-order valence-electron chi connectivity index (χ1n) is 25.4. The van der Waals surface area contributed by atoms with Crippen LogP contribution in [0, 0.1) is 5.92 Å². The van der Waals surface area contributed by atoms with E-state index in [9.17, 15) is 92.3 Å². The molecule has 0 spiro atoms. The van der Waals surface area contributed by atoms with E-state index in [1.165, 1.54) is 6.92 Å². The molecule has 0 aromatic heterocycles. The van der Waals surface area contributed by atoms with Gasteiger partial charge in [0.15, 0.2) is 5.96 Å². The number of aliphatic carboxylic acids is 2. The number of carbonyl (C=O) groups is 15. The van der Waals surface area contributed by atoms with Crippen LogP contribution in [0.15, 0.2) is 4.99 Å². The molecule has 462 valence electrons. The highest BCUT2D eigenvalue weighted by Gasteiger charge is 2.37. The summed E-state index contributed by atoms with van der Waals surface area (Å²) in [6.07, 6.45) is -4.46. The number of guanidine groups is 1. The molecule has 0 aromatic rings. The van der Waals surface area contributed by atoms with Crippen molar-refractivity contribution in [2.45, 2.75) is 151 Å². The predicted molar refractivity (Wildman–Crippen MR) is 282 cm³/mol. The molecule has 0 saturated carbocycles. The van der Waals surface area contributed by atoms with Gasteiger partial charge in [-0.1, -0.05) is 26.7 Å². The van der Waals surface area contributed by atoms with Gasteiger partial charge in [0.1, 0.15) is 54.4 Å². The minimum atomic E-state index is -2.13. The Balaban J connectivity index is 6.71. The molecule has 29 N–H and O–H groups in total. The third kappa shape index (κ3) is 28.9. The van der Waals surface area contributed by atoms with Crippen molar-refractivity contribution in [3.05, 3.63) is 0 Å². The zero-order valence-electron chi connectivity index (χ0n) is 45.1. The van der Waals surface area contributed by atoms with Crippen LogP contribution in [0.5, 0.6) is 0 Å². The Morgan fingerprint density at radius 1 is 0.439 bits per heavy atom. The summed E-state index contributed by atoms with van der Waals surface area (Å²) in [5.41, 5.74) is 43.2. The fourth-order valence-electron chi connectivity index (χ4n) is 7.09. The summed E-state index contributed by atoms with van der Waals surface area (Å²) in [5, 5.41) is 58.5. The van der Waals surface area contributed by atoms with Gasteiger partial charge in [0.25, 0.3) is 0 Å². The molecule has 0 heterocycles. The Bertz CT molecular complexity index is 2320. The zero-order valence-corrected chi connectivity index (χ0v) is 45.1. The van der Waals surface area contributed by atoms with E-state index in [0.717, 1.165) is 0 Å². The van der Waals surface area contributed by atoms with Crippen molar-refractivity contribution in [2.24, 2.45) is 56.8 Å². The molecule has 0 aliphatic rings. The number of aliphatic hydroxyl groups is 2. The normalized spacial score (nSPS) is 14.9. The SMILES string of the molecule is CC[C@H](C)[C@H](NC(=O)[C@H](CC(N)=O)NC(=O)[C@H](CO)NC(=O)[C@H](CC(N)=O)NC(=O)[C@H](CO)NC(=O)[C@H](CCC(N)=O)NC(=O)[C@H](CC(=O)O)NC(=O)[C@H](CCCN=C(N)N)NC(=O)[C@H](CC(N)=O)NC(=O)[C@@H](N)CCCCN)C(=O)O. The summed E-state index contributed by atoms with van der Waals surface area (Å²) >= 11 is 0. The molecular formula is C45H78N18O19. The number of carboxylic acids is 2. The van der Waals surface area contributed by atoms with Crippen molar-refractivity contribution in [3.63, 3.8) is 0 Å². The molecule has 37 nitrogen and oxygen atoms in total. The van der Waals surface area contributed by atoms with Crippen molar-refractivity contribution in [1.82, 2.24) is 47.9 Å². The number of aliphatic hydroxyl groups excluding tert-OH is 2. The second-order valence-corrected chi connectivity index (χ2v) is 18.5. The second-order valence-electron chi connectivity index (χ2n) is 18.5. The number of unbranched alkanes of at least 4 members (excludes halogenated alkanes) is 1. The zero-order chi connectivity index (χ0) is 63.0. The van der Waals surface area contributed by atoms with Gasteiger partial charge in [-0.25, -0.2) is 4.79 Å². The first-order valence-corrected chi connectivity index (χ1v) is 25.4. The van der Waals surface area contributed by atoms with E-state index in [0.29, 0.717) is 19.4 Å². The third-order valence-electron chi connectivity index (χ3n) is 11.7. The van der Waals surface area contributed by atoms with E-state index >= 15 is 0 Å². The molecule has 0 aliphatic carbocycles. The predicted octanol–water partition coefficient (Wildman–Crippen LogP) is -11.7. The molecule has 0 unspecified atom stereocenters. The average Bonchev–Trinajstić information content (AvgIpc) is 3.38. The van der Waals surface area contributed by atoms with Gasteiger partial charge in [0.05, 0.1) is 44.9 Å². The number of hydrogen-bond acceptors (Lipinski definition) is 20. The molecule has 0 rings (SSSR count). The summed E-state index contributed by atoms with van der Waals surface area (Å²) in [5.74, 6) is -20.4. The summed E-state index contributed by atoms with van der Waals surface area (Å²) in [6, 6.07) is -18.3. The molecule has 0 radical (unpaired) electrons. The van der Waals surface area contributed by atoms with Gasteiger partial charge in [-0.05, 0) is 44.6 Å². The fourth-order valence-corrected chi connectivity index (χ4v) is 7.09. The number of rotatable bonds is 42. The Kier molecular flexibility index (Phi) is 33.8. The molecule has 0 bridgehead atoms. The number of amides is 13. The van der Waals surface area contributed by atoms with Crippen LogP contribution < -0.4 is 93.7 Å². The van der Waals surface area contributed by atoms with E-state index in [1.807, 2.05) is 21.3 Å². The topological polar surface area (TPSA) is 666 Å². The largest absolute Gasteiger partial charge is 0.481 e. The van der Waals surface area contributed by atoms with Crippen molar-refractivity contribution in [1.29, 1.82) is 0 Å². The molecule has 13 amide bonds. The number of carbonyl (C=O) groups excluding carboxylic acids is 13. The first kappa shape index (κ1) is 73.2. The third-order valence-corrected chi connectivity index (χ3v) is 11.7. The number of nitrogens with two attached hydrogens (primary N) is 8. The number of primary amides is 4. The molecule has 82 heavy (non-hydrogen) atoms. The lowest BCUT2D eigenvalue weighted by Crippen LogP contribution is -2.62. The van der Waals surface area contributed by atoms with Crippen LogP contribution in [-0.2, 0) is 71.9 Å². The summed E-state index contributed by atoms with van der Waals surface area (Å²) in [6.45, 7) is 0.700. The van der Waals surface area contributed by atoms with Gasteiger partial charge >= 0.3 is 11.9 Å². The Labute approximate surface area is 468 Å². The van der Waals surface area contributed by atoms with Crippen LogP contribution in [0.4, 0.5) is 0 Å². The van der Waals surface area contributed by atoms with Crippen molar-refractivity contribution in [3.8, 4) is 0 Å². The van der Waals surface area contributed by atoms with Crippen LogP contribution in [-0.4, -0.2) is 202 Å². The number of aliphatic imine (C=N–C) groups is 1. The van der Waals surface area contributed by atoms with Gasteiger partial charge in [0, 0.05) is 13.0 Å². The van der Waals surface area contributed by atoms with E-state index in [2.05, 4.69) is 31.6 Å². The molecule has 0 saturated heterocycles. The highest BCUT2D eigenvalue weighted by Crippen LogP contribution is 2.10. The average molecular weight is 1180 g/mol. The van der Waals surface area contributed by atoms with E-state index in [1.54, 1.807) is 6.92 Å². The quantitative estimate of drug-likeness (QED) is 0.0153. The number of nitrogens with one attached hydrogen (secondary N) is 9. The standard InChI is InChI=1S/C45H78N18O19/c1-3-19(2)34(44(81)82)63-41(78)25(15-32(51)69)59-43(80)28(18-65)62-39(76)24(14-31(50)68)58-42(79)27(17-64)61-37(74)22(9-10-29(48)66)56-40(77)26(16-33(70)71)60-36(73)21(8-6-12-54-45(52)53)55-38(75)23(13-30(49)67)57-35(72)20(47)7-4-5-11-46/h19-28,34,64-65H,3-18,46-47H2,1-2H3,(H2,48,66)(H2,49,67)(H2,50,68)(H2,51,69)(H,55,75)(H,56,77)(H,57,72)(H,58,79)(H,59,80)(H,60,73)(H,61,74)(H,62,76)(H,63,78)(H,70,71)(H,81,82)(H4,52,53,54)/t19-,20-,21-,22-,23-,24-,25-,26-,27-,28-,34-/m0/s1. The Hall–Kier alpha value is -8.84. The summed E-state index contributed by atoms with van der Waals surface area (Å²) < 4.78 is 0. The maximum atomic E-state index is 13.9. The van der Waals surface area contributed by atoms with Crippen LogP contribution in [0.2, 0.25) is 0 Å². The maximum absolute atomic E-state index is 13.9. The van der Waals surface area contributed by atoms with Gasteiger partial charge in [-0.15, -0.1) is 0 Å². The lowest BCUT2D eigenvalue weighted by molar-refractivity contribution is -0.144. The maximum Gasteiger partial charge on any atom is 0.326 e. The van der Waals surface area contributed by atoms with Gasteiger partial charge in [-0.2, -0.15) is 0 Å². The van der Waals surface area contributed by atoms with Crippen LogP contribution in [0.1, 0.15) is 90.9 Å². The number of carboxylic acid groups (broad SMARTS) is 2. The molecule has 0 aliphatic heterocycles. The number of hydrogen-bond donors (Lipinski definition) is 21. The van der Waals surface area contributed by atoms with Crippen LogP contribution in [0.25, 0.3) is 0 Å². The van der Waals surface area contributed by atoms with Gasteiger partial charge < -0.3 is 114 Å². The fraction of sp³-hybridized carbons (Fsp3) is 0.644. The lowest BCUT2D eigenvalue weighted by Gasteiger charge is -2.27. The lowest BCUT2D eigenvalue weighted by atomic mass is 9.98. The Morgan fingerprint density at radius 2 is 0.793 bits per heavy atom. The van der Waals surface area contributed by atoms with Gasteiger partial charge in [0.2, 0.25) is 76.8 Å². The van der Waals surface area contributed by atoms with Crippen LogP contribution in [0.3, 0.4) is 0 Å². The smallest absolute Gasteiger partial charge is 0.326 e. The van der Waals surface area contributed by atoms with Gasteiger partial charge in [-0.3, -0.25) is 72.1 Å². The van der Waals surface area contributed by atoms with Crippen LogP contribution >= 0.6 is 0 Å². The minimum Gasteiger partial charge on any atom is -0.481 e. The van der Waals surface area contributed by atoms with E-state index in [4.69, 9.17) is 45.9 Å². The van der Waals surface area contributed by atoms with E-state index in [-0.39, 0.29) is 38.2 Å². The highest BCUT2D eigenvalue weighted by molar-refractivity contribution is 6.01. The van der Waals surface area contributed by atoms with Crippen molar-refractivity contribution in [2.75, 3.05) is 26.3 Å². The molecule has 11 atom stereocenters. The Morgan fingerprint density at radius 3 is 1.15 bits per heavy atom. The second kappa shape index (κ2) is 37.9. The van der Waals surface area contributed by atoms with Crippen molar-refractivity contribution >= 4 is 94.7 Å². The molecular weight excluding hydrogens is 1100 g/mol. The molecule has 0 aromatic carbocycles. The monoisotopic (exact) mass is 1170 g/mol.